The first-order chi connectivity index (χ1) is 8.67. The molecule has 2 amide bonds. The molecule has 0 bridgehead atoms. The van der Waals surface area contributed by atoms with Crippen LogP contribution >= 0.6 is 27.3 Å². The van der Waals surface area contributed by atoms with Crippen molar-refractivity contribution in [2.75, 3.05) is 5.32 Å². The number of thiophene rings is 1. The van der Waals surface area contributed by atoms with Crippen LogP contribution in [-0.2, 0) is 13.1 Å². The maximum Gasteiger partial charge on any atom is 0.319 e. The van der Waals surface area contributed by atoms with Gasteiger partial charge in [-0.15, -0.1) is 11.3 Å². The van der Waals surface area contributed by atoms with Crippen LogP contribution in [0.4, 0.5) is 10.5 Å². The van der Waals surface area contributed by atoms with Crippen LogP contribution in [0, 0.1) is 0 Å². The Morgan fingerprint density at radius 3 is 3.06 bits per heavy atom. The number of halogens is 1. The molecule has 0 aliphatic heterocycles. The largest absolute Gasteiger partial charge is 0.334 e. The van der Waals surface area contributed by atoms with Crippen LogP contribution in [0.25, 0.3) is 0 Å². The minimum atomic E-state index is -0.229. The van der Waals surface area contributed by atoms with Crippen molar-refractivity contribution in [3.05, 3.63) is 33.2 Å². The molecule has 7 heteroatoms. The fourth-order valence-corrected chi connectivity index (χ4v) is 2.61. The summed E-state index contributed by atoms with van der Waals surface area (Å²) >= 11 is 4.98. The summed E-state index contributed by atoms with van der Waals surface area (Å²) in [4.78, 5) is 11.6. The number of rotatable bonds is 4. The van der Waals surface area contributed by atoms with E-state index in [0.717, 1.165) is 15.9 Å². The standard InChI is InChI=1S/C11H13BrN4OS/c1-2-16-6-9(5-14-16)15-11(17)13-4-8-3-10(12)18-7-8/h3,5-7H,2,4H2,1H3,(H2,13,15,17). The molecule has 18 heavy (non-hydrogen) atoms. The molecule has 2 N–H and O–H groups in total. The second-order valence-electron chi connectivity index (χ2n) is 3.65. The number of anilines is 1. The number of nitrogens with zero attached hydrogens (tertiary/aromatic N) is 2. The van der Waals surface area contributed by atoms with E-state index in [1.807, 2.05) is 18.4 Å². The van der Waals surface area contributed by atoms with Gasteiger partial charge in [-0.2, -0.15) is 5.10 Å². The normalized spacial score (nSPS) is 10.3. The zero-order valence-corrected chi connectivity index (χ0v) is 12.2. The van der Waals surface area contributed by atoms with Crippen LogP contribution in [0.15, 0.2) is 27.6 Å². The lowest BCUT2D eigenvalue weighted by Gasteiger charge is -2.04. The SMILES string of the molecule is CCn1cc(NC(=O)NCc2csc(Br)c2)cn1. The maximum absolute atomic E-state index is 11.6. The number of aryl methyl sites for hydroxylation is 1. The van der Waals surface area contributed by atoms with Gasteiger partial charge in [0.05, 0.1) is 15.7 Å². The highest BCUT2D eigenvalue weighted by atomic mass is 79.9. The first kappa shape index (κ1) is 13.1. The van der Waals surface area contributed by atoms with Crippen molar-refractivity contribution in [3.8, 4) is 0 Å². The van der Waals surface area contributed by atoms with Crippen molar-refractivity contribution in [2.24, 2.45) is 0 Å². The molecule has 2 aromatic heterocycles. The Morgan fingerprint density at radius 1 is 1.61 bits per heavy atom. The van der Waals surface area contributed by atoms with Gasteiger partial charge in [-0.25, -0.2) is 4.79 Å². The number of hydrogen-bond donors (Lipinski definition) is 2. The minimum Gasteiger partial charge on any atom is -0.334 e. The summed E-state index contributed by atoms with van der Waals surface area (Å²) in [6.45, 7) is 3.29. The van der Waals surface area contributed by atoms with Gasteiger partial charge in [0.1, 0.15) is 0 Å². The number of carbonyl (C=O) groups excluding carboxylic acids is 1. The molecule has 0 spiro atoms. The summed E-state index contributed by atoms with van der Waals surface area (Å²) in [5.41, 5.74) is 1.77. The second-order valence-corrected chi connectivity index (χ2v) is 5.94. The Morgan fingerprint density at radius 2 is 2.44 bits per heavy atom. The van der Waals surface area contributed by atoms with E-state index in [9.17, 15) is 4.79 Å². The summed E-state index contributed by atoms with van der Waals surface area (Å²) < 4.78 is 2.81. The third kappa shape index (κ3) is 3.58. The van der Waals surface area contributed by atoms with Gasteiger partial charge in [-0.3, -0.25) is 4.68 Å². The smallest absolute Gasteiger partial charge is 0.319 e. The molecule has 0 saturated carbocycles. The molecule has 0 aliphatic rings. The zero-order valence-electron chi connectivity index (χ0n) is 9.81. The van der Waals surface area contributed by atoms with E-state index in [2.05, 4.69) is 31.7 Å². The summed E-state index contributed by atoms with van der Waals surface area (Å²) in [5, 5.41) is 11.6. The quantitative estimate of drug-likeness (QED) is 0.906. The van der Waals surface area contributed by atoms with Crippen LogP contribution in [0.5, 0.6) is 0 Å². The molecule has 5 nitrogen and oxygen atoms in total. The summed E-state index contributed by atoms with van der Waals surface area (Å²) in [6.07, 6.45) is 3.42. The minimum absolute atomic E-state index is 0.229. The fraction of sp³-hybridized carbons (Fsp3) is 0.273. The Kier molecular flexibility index (Phi) is 4.38. The highest BCUT2D eigenvalue weighted by Crippen LogP contribution is 2.20. The number of urea groups is 1. The van der Waals surface area contributed by atoms with Gasteiger partial charge in [0, 0.05) is 19.3 Å². The van der Waals surface area contributed by atoms with Crippen molar-refractivity contribution in [3.63, 3.8) is 0 Å². The van der Waals surface area contributed by atoms with Gasteiger partial charge in [0.2, 0.25) is 0 Å². The van der Waals surface area contributed by atoms with E-state index in [0.29, 0.717) is 12.2 Å². The van der Waals surface area contributed by atoms with Crippen molar-refractivity contribution in [2.45, 2.75) is 20.0 Å². The zero-order chi connectivity index (χ0) is 13.0. The Bertz CT molecular complexity index is 537. The number of nitrogens with one attached hydrogen (secondary N) is 2. The molecule has 0 aromatic carbocycles. The van der Waals surface area contributed by atoms with Crippen LogP contribution in [-0.4, -0.2) is 15.8 Å². The first-order valence-electron chi connectivity index (χ1n) is 5.47. The lowest BCUT2D eigenvalue weighted by Crippen LogP contribution is -2.27. The number of carbonyl (C=O) groups is 1. The van der Waals surface area contributed by atoms with E-state index in [1.54, 1.807) is 28.4 Å². The lowest BCUT2D eigenvalue weighted by atomic mass is 10.3. The van der Waals surface area contributed by atoms with E-state index in [1.165, 1.54) is 0 Å². The monoisotopic (exact) mass is 328 g/mol. The Labute approximate surface area is 117 Å². The average Bonchev–Trinajstić information content (AvgIpc) is 2.95. The van der Waals surface area contributed by atoms with Crippen molar-refractivity contribution in [1.29, 1.82) is 0 Å². The molecule has 0 radical (unpaired) electrons. The number of amides is 2. The van der Waals surface area contributed by atoms with Crippen molar-refractivity contribution >= 4 is 39.0 Å². The van der Waals surface area contributed by atoms with Gasteiger partial charge >= 0.3 is 6.03 Å². The number of aromatic nitrogens is 2. The third-order valence-electron chi connectivity index (χ3n) is 2.29. The van der Waals surface area contributed by atoms with E-state index in [-0.39, 0.29) is 6.03 Å². The Hall–Kier alpha value is -1.34. The van der Waals surface area contributed by atoms with Gasteiger partial charge in [0.15, 0.2) is 0 Å². The molecule has 2 rings (SSSR count). The van der Waals surface area contributed by atoms with Gasteiger partial charge in [-0.05, 0) is 39.9 Å². The topological polar surface area (TPSA) is 59.0 Å². The van der Waals surface area contributed by atoms with Crippen molar-refractivity contribution in [1.82, 2.24) is 15.1 Å². The molecule has 0 saturated heterocycles. The number of hydrogen-bond acceptors (Lipinski definition) is 3. The molecule has 0 fully saturated rings. The molecule has 2 aromatic rings. The van der Waals surface area contributed by atoms with Gasteiger partial charge in [-0.1, -0.05) is 0 Å². The van der Waals surface area contributed by atoms with Crippen LogP contribution in [0.1, 0.15) is 12.5 Å². The summed E-state index contributed by atoms with van der Waals surface area (Å²) in [7, 11) is 0. The third-order valence-corrected chi connectivity index (χ3v) is 3.84. The van der Waals surface area contributed by atoms with Crippen LogP contribution in [0.3, 0.4) is 0 Å². The lowest BCUT2D eigenvalue weighted by molar-refractivity contribution is 0.252. The van der Waals surface area contributed by atoms with Gasteiger partial charge < -0.3 is 10.6 Å². The van der Waals surface area contributed by atoms with E-state index >= 15 is 0 Å². The van der Waals surface area contributed by atoms with Crippen LogP contribution in [0.2, 0.25) is 0 Å². The van der Waals surface area contributed by atoms with E-state index in [4.69, 9.17) is 0 Å². The Balaban J connectivity index is 1.81. The predicted molar refractivity (Wildman–Crippen MR) is 75.8 cm³/mol. The predicted octanol–water partition coefficient (Wildman–Crippen LogP) is 3.05. The molecule has 0 aliphatic carbocycles. The van der Waals surface area contributed by atoms with E-state index < -0.39 is 0 Å². The van der Waals surface area contributed by atoms with Crippen LogP contribution < -0.4 is 10.6 Å². The fourth-order valence-electron chi connectivity index (χ4n) is 1.40. The maximum atomic E-state index is 11.6. The van der Waals surface area contributed by atoms with Gasteiger partial charge in [0.25, 0.3) is 0 Å². The first-order valence-corrected chi connectivity index (χ1v) is 7.15. The molecular formula is C11H13BrN4OS. The molecule has 96 valence electrons. The summed E-state index contributed by atoms with van der Waals surface area (Å²) in [5.74, 6) is 0. The highest BCUT2D eigenvalue weighted by molar-refractivity contribution is 9.11. The molecular weight excluding hydrogens is 316 g/mol. The highest BCUT2D eigenvalue weighted by Gasteiger charge is 2.04. The van der Waals surface area contributed by atoms with Crippen molar-refractivity contribution < 1.29 is 4.79 Å². The summed E-state index contributed by atoms with van der Waals surface area (Å²) in [6, 6.07) is 1.76. The average molecular weight is 329 g/mol. The molecule has 0 atom stereocenters. The molecule has 2 heterocycles. The molecule has 0 unspecified atom stereocenters. The second kappa shape index (κ2) is 6.01.